The molecular weight excluding hydrogens is 301 g/mol. The van der Waals surface area contributed by atoms with E-state index in [9.17, 15) is 4.79 Å². The van der Waals surface area contributed by atoms with Crippen molar-refractivity contribution in [1.82, 2.24) is 14.8 Å². The van der Waals surface area contributed by atoms with Crippen LogP contribution < -0.4 is 10.6 Å². The fourth-order valence-electron chi connectivity index (χ4n) is 1.70. The number of rotatable bonds is 2. The smallest absolute Gasteiger partial charge is 0.304 e. The SMILES string of the molecule is Cc1nn(C)c(C)c1NC(=O)Nc1ccc(Cl)c(Cl)n1. The second kappa shape index (κ2) is 5.68. The molecule has 0 aliphatic rings. The highest BCUT2D eigenvalue weighted by molar-refractivity contribution is 6.41. The van der Waals surface area contributed by atoms with Crippen molar-refractivity contribution in [3.05, 3.63) is 33.7 Å². The van der Waals surface area contributed by atoms with E-state index < -0.39 is 6.03 Å². The molecule has 6 nitrogen and oxygen atoms in total. The van der Waals surface area contributed by atoms with Crippen molar-refractivity contribution in [1.29, 1.82) is 0 Å². The highest BCUT2D eigenvalue weighted by Gasteiger charge is 2.13. The van der Waals surface area contributed by atoms with E-state index in [-0.39, 0.29) is 5.15 Å². The van der Waals surface area contributed by atoms with E-state index in [1.54, 1.807) is 16.8 Å². The third kappa shape index (κ3) is 3.02. The standard InChI is InChI=1S/C12H13Cl2N5O/c1-6-10(7(2)19(3)18-6)17-12(20)16-9-5-4-8(13)11(14)15-9/h4-5H,1-3H3,(H2,15,16,17,20). The summed E-state index contributed by atoms with van der Waals surface area (Å²) in [5, 5.41) is 10.00. The van der Waals surface area contributed by atoms with Crippen molar-refractivity contribution < 1.29 is 4.79 Å². The molecule has 2 aromatic rings. The third-order valence-corrected chi connectivity index (χ3v) is 3.48. The number of hydrogen-bond donors (Lipinski definition) is 2. The summed E-state index contributed by atoms with van der Waals surface area (Å²) in [7, 11) is 1.81. The second-order valence-electron chi connectivity index (χ2n) is 4.22. The molecule has 0 radical (unpaired) electrons. The van der Waals surface area contributed by atoms with Crippen molar-refractivity contribution in [2.24, 2.45) is 7.05 Å². The molecule has 0 aromatic carbocycles. The van der Waals surface area contributed by atoms with E-state index in [1.807, 2.05) is 20.9 Å². The first kappa shape index (κ1) is 14.6. The summed E-state index contributed by atoms with van der Waals surface area (Å²) < 4.78 is 1.70. The minimum Gasteiger partial charge on any atom is -0.304 e. The van der Waals surface area contributed by atoms with Gasteiger partial charge in [0.1, 0.15) is 11.0 Å². The van der Waals surface area contributed by atoms with Crippen LogP contribution >= 0.6 is 23.2 Å². The van der Waals surface area contributed by atoms with Crippen LogP contribution in [0.4, 0.5) is 16.3 Å². The van der Waals surface area contributed by atoms with Crippen LogP contribution in [0.15, 0.2) is 12.1 Å². The Balaban J connectivity index is 2.11. The number of aromatic nitrogens is 3. The van der Waals surface area contributed by atoms with Crippen molar-refractivity contribution in [2.75, 3.05) is 10.6 Å². The van der Waals surface area contributed by atoms with Crippen molar-refractivity contribution in [3.63, 3.8) is 0 Å². The van der Waals surface area contributed by atoms with Gasteiger partial charge in [-0.3, -0.25) is 10.00 Å². The number of carbonyl (C=O) groups is 1. The molecule has 2 aromatic heterocycles. The van der Waals surface area contributed by atoms with Crippen LogP contribution in [0.5, 0.6) is 0 Å². The van der Waals surface area contributed by atoms with Crippen molar-refractivity contribution in [3.8, 4) is 0 Å². The first-order chi connectivity index (χ1) is 9.38. The molecule has 0 fully saturated rings. The lowest BCUT2D eigenvalue weighted by atomic mass is 10.3. The van der Waals surface area contributed by atoms with Gasteiger partial charge in [0.2, 0.25) is 0 Å². The fraction of sp³-hybridized carbons (Fsp3) is 0.250. The molecular formula is C12H13Cl2N5O. The normalized spacial score (nSPS) is 10.4. The molecule has 2 N–H and O–H groups in total. The molecule has 0 aliphatic carbocycles. The molecule has 20 heavy (non-hydrogen) atoms. The van der Waals surface area contributed by atoms with Crippen molar-refractivity contribution in [2.45, 2.75) is 13.8 Å². The van der Waals surface area contributed by atoms with Crippen LogP contribution in [0.1, 0.15) is 11.4 Å². The molecule has 0 saturated carbocycles. The molecule has 0 aliphatic heterocycles. The number of nitrogens with zero attached hydrogens (tertiary/aromatic N) is 3. The number of nitrogens with one attached hydrogen (secondary N) is 2. The quantitative estimate of drug-likeness (QED) is 0.835. The first-order valence-corrected chi connectivity index (χ1v) is 6.54. The lowest BCUT2D eigenvalue weighted by Crippen LogP contribution is -2.20. The maximum Gasteiger partial charge on any atom is 0.324 e. The maximum absolute atomic E-state index is 11.9. The van der Waals surface area contributed by atoms with Crippen molar-refractivity contribution >= 4 is 40.7 Å². The van der Waals surface area contributed by atoms with Gasteiger partial charge >= 0.3 is 6.03 Å². The number of hydrogen-bond acceptors (Lipinski definition) is 3. The summed E-state index contributed by atoms with van der Waals surface area (Å²) in [4.78, 5) is 15.9. The Morgan fingerprint density at radius 3 is 2.50 bits per heavy atom. The van der Waals surface area contributed by atoms with Crippen LogP contribution in [0.25, 0.3) is 0 Å². The average molecular weight is 314 g/mol. The van der Waals surface area contributed by atoms with Crippen LogP contribution in [-0.2, 0) is 7.05 Å². The lowest BCUT2D eigenvalue weighted by Gasteiger charge is -2.08. The topological polar surface area (TPSA) is 71.8 Å². The number of aryl methyl sites for hydroxylation is 2. The van der Waals surface area contributed by atoms with Gasteiger partial charge in [-0.05, 0) is 26.0 Å². The van der Waals surface area contributed by atoms with Gasteiger partial charge in [0, 0.05) is 7.05 Å². The molecule has 2 rings (SSSR count). The number of amides is 2. The number of carbonyl (C=O) groups excluding carboxylic acids is 1. The Hall–Kier alpha value is -1.79. The average Bonchev–Trinajstić information content (AvgIpc) is 2.61. The summed E-state index contributed by atoms with van der Waals surface area (Å²) >= 11 is 11.5. The molecule has 2 heterocycles. The van der Waals surface area contributed by atoms with Crippen LogP contribution in [0.2, 0.25) is 10.2 Å². The molecule has 8 heteroatoms. The summed E-state index contributed by atoms with van der Waals surface area (Å²) in [5.74, 6) is 0.316. The van der Waals surface area contributed by atoms with Gasteiger partial charge in [-0.1, -0.05) is 23.2 Å². The molecule has 0 atom stereocenters. The van der Waals surface area contributed by atoms with Gasteiger partial charge in [0.05, 0.1) is 22.1 Å². The third-order valence-electron chi connectivity index (χ3n) is 2.79. The van der Waals surface area contributed by atoms with Gasteiger partial charge < -0.3 is 5.32 Å². The fourth-order valence-corrected chi connectivity index (χ4v) is 1.96. The Kier molecular flexibility index (Phi) is 4.15. The van der Waals surface area contributed by atoms with Crippen LogP contribution in [-0.4, -0.2) is 20.8 Å². The van der Waals surface area contributed by atoms with Gasteiger partial charge in [-0.25, -0.2) is 9.78 Å². The summed E-state index contributed by atoms with van der Waals surface area (Å²) in [5.41, 5.74) is 2.27. The summed E-state index contributed by atoms with van der Waals surface area (Å²) in [6.07, 6.45) is 0. The van der Waals surface area contributed by atoms with E-state index in [1.165, 1.54) is 0 Å². The van der Waals surface area contributed by atoms with Crippen LogP contribution in [0, 0.1) is 13.8 Å². The van der Waals surface area contributed by atoms with E-state index >= 15 is 0 Å². The second-order valence-corrected chi connectivity index (χ2v) is 4.98. The predicted octanol–water partition coefficient (Wildman–Crippen LogP) is 3.38. The number of halogens is 2. The van der Waals surface area contributed by atoms with Gasteiger partial charge in [-0.15, -0.1) is 0 Å². The minimum atomic E-state index is -0.421. The Labute approximate surface area is 126 Å². The molecule has 2 amide bonds. The first-order valence-electron chi connectivity index (χ1n) is 5.78. The zero-order chi connectivity index (χ0) is 14.9. The highest BCUT2D eigenvalue weighted by atomic mass is 35.5. The highest BCUT2D eigenvalue weighted by Crippen LogP contribution is 2.22. The van der Waals surface area contributed by atoms with Gasteiger partial charge in [0.25, 0.3) is 0 Å². The number of pyridine rings is 1. The van der Waals surface area contributed by atoms with Gasteiger partial charge in [-0.2, -0.15) is 5.10 Å². The molecule has 0 unspecified atom stereocenters. The molecule has 0 bridgehead atoms. The summed E-state index contributed by atoms with van der Waals surface area (Å²) in [6, 6.07) is 2.71. The van der Waals surface area contributed by atoms with E-state index in [0.717, 1.165) is 11.4 Å². The lowest BCUT2D eigenvalue weighted by molar-refractivity contribution is 0.262. The Bertz CT molecular complexity index is 668. The Morgan fingerprint density at radius 2 is 1.95 bits per heavy atom. The molecule has 0 spiro atoms. The van der Waals surface area contributed by atoms with E-state index in [2.05, 4.69) is 20.7 Å². The zero-order valence-electron chi connectivity index (χ0n) is 11.2. The number of urea groups is 1. The molecule has 0 saturated heterocycles. The monoisotopic (exact) mass is 313 g/mol. The van der Waals surface area contributed by atoms with E-state index in [0.29, 0.717) is 16.5 Å². The zero-order valence-corrected chi connectivity index (χ0v) is 12.7. The number of anilines is 2. The maximum atomic E-state index is 11.9. The summed E-state index contributed by atoms with van der Waals surface area (Å²) in [6.45, 7) is 3.69. The van der Waals surface area contributed by atoms with E-state index in [4.69, 9.17) is 23.2 Å². The molecule has 106 valence electrons. The van der Waals surface area contributed by atoms with Crippen LogP contribution in [0.3, 0.4) is 0 Å². The predicted molar refractivity (Wildman–Crippen MR) is 79.6 cm³/mol. The largest absolute Gasteiger partial charge is 0.324 e. The minimum absolute atomic E-state index is 0.137. The van der Waals surface area contributed by atoms with Gasteiger partial charge in [0.15, 0.2) is 0 Å². The Morgan fingerprint density at radius 1 is 1.25 bits per heavy atom.